The van der Waals surface area contributed by atoms with Crippen molar-refractivity contribution in [2.75, 3.05) is 18.4 Å². The van der Waals surface area contributed by atoms with E-state index in [1.54, 1.807) is 6.07 Å². The van der Waals surface area contributed by atoms with Gasteiger partial charge in [0.25, 0.3) is 5.91 Å². The third-order valence-electron chi connectivity index (χ3n) is 3.85. The average Bonchev–Trinajstić information content (AvgIpc) is 3.18. The first-order valence-corrected chi connectivity index (χ1v) is 7.46. The first-order valence-electron chi connectivity index (χ1n) is 7.46. The molecule has 1 aliphatic heterocycles. The lowest BCUT2D eigenvalue weighted by atomic mass is 10.2. The number of nitriles is 1. The van der Waals surface area contributed by atoms with E-state index in [0.29, 0.717) is 11.3 Å². The number of carbonyl (C=O) groups excluding carboxylic acids is 1. The van der Waals surface area contributed by atoms with Crippen LogP contribution in [0.4, 0.5) is 5.69 Å². The van der Waals surface area contributed by atoms with Gasteiger partial charge in [0.15, 0.2) is 0 Å². The first kappa shape index (κ1) is 14.4. The lowest BCUT2D eigenvalue weighted by Crippen LogP contribution is -2.18. The molecule has 0 saturated carbocycles. The van der Waals surface area contributed by atoms with Gasteiger partial charge in [-0.05, 0) is 49.7 Å². The van der Waals surface area contributed by atoms with E-state index in [1.165, 1.54) is 24.6 Å². The number of amides is 1. The largest absolute Gasteiger partial charge is 0.356 e. The van der Waals surface area contributed by atoms with Crippen LogP contribution < -0.4 is 5.32 Å². The van der Waals surface area contributed by atoms with Crippen LogP contribution >= 0.6 is 0 Å². The summed E-state index contributed by atoms with van der Waals surface area (Å²) in [6.07, 6.45) is 4.06. The van der Waals surface area contributed by atoms with E-state index in [2.05, 4.69) is 21.3 Å². The third-order valence-corrected chi connectivity index (χ3v) is 3.85. The van der Waals surface area contributed by atoms with Crippen LogP contribution in [0.3, 0.4) is 0 Å². The summed E-state index contributed by atoms with van der Waals surface area (Å²) in [5.41, 5.74) is 2.81. The van der Waals surface area contributed by atoms with Gasteiger partial charge in [-0.25, -0.2) is 0 Å². The molecule has 22 heavy (non-hydrogen) atoms. The summed E-state index contributed by atoms with van der Waals surface area (Å²) in [5, 5.41) is 11.7. The minimum absolute atomic E-state index is 0.236. The summed E-state index contributed by atoms with van der Waals surface area (Å²) < 4.78 is 0. The predicted octanol–water partition coefficient (Wildman–Crippen LogP) is 2.73. The maximum absolute atomic E-state index is 12.1. The van der Waals surface area contributed by atoms with Crippen molar-refractivity contribution in [2.45, 2.75) is 19.4 Å². The molecule has 0 unspecified atom stereocenters. The number of likely N-dealkylation sites (tertiary alicyclic amines) is 1. The van der Waals surface area contributed by atoms with Crippen molar-refractivity contribution in [3.05, 3.63) is 53.3 Å². The SMILES string of the molecule is N#Cc1c[nH]c(C(=O)Nc2cccc(CN3CCCC3)c2)c1. The molecule has 1 amide bonds. The van der Waals surface area contributed by atoms with E-state index in [0.717, 1.165) is 25.3 Å². The maximum atomic E-state index is 12.1. The first-order chi connectivity index (χ1) is 10.7. The highest BCUT2D eigenvalue weighted by molar-refractivity contribution is 6.03. The number of nitrogens with zero attached hydrogens (tertiary/aromatic N) is 2. The van der Waals surface area contributed by atoms with Crippen molar-refractivity contribution in [3.8, 4) is 6.07 Å². The van der Waals surface area contributed by atoms with Gasteiger partial charge in [-0.2, -0.15) is 5.26 Å². The highest BCUT2D eigenvalue weighted by Gasteiger charge is 2.13. The van der Waals surface area contributed by atoms with Crippen LogP contribution in [0, 0.1) is 11.3 Å². The van der Waals surface area contributed by atoms with Crippen molar-refractivity contribution >= 4 is 11.6 Å². The number of anilines is 1. The van der Waals surface area contributed by atoms with Gasteiger partial charge in [0.2, 0.25) is 0 Å². The Bertz CT molecular complexity index is 707. The Morgan fingerprint density at radius 1 is 1.32 bits per heavy atom. The summed E-state index contributed by atoms with van der Waals surface area (Å²) in [5.74, 6) is -0.236. The van der Waals surface area contributed by atoms with Crippen molar-refractivity contribution < 1.29 is 4.79 Å². The Morgan fingerprint density at radius 2 is 2.14 bits per heavy atom. The van der Waals surface area contributed by atoms with Crippen LogP contribution in [-0.2, 0) is 6.54 Å². The molecule has 1 aromatic carbocycles. The molecular formula is C17H18N4O. The van der Waals surface area contributed by atoms with Gasteiger partial charge < -0.3 is 10.3 Å². The molecule has 3 rings (SSSR count). The topological polar surface area (TPSA) is 71.9 Å². The molecular weight excluding hydrogens is 276 g/mol. The van der Waals surface area contributed by atoms with E-state index in [9.17, 15) is 4.79 Å². The second-order valence-corrected chi connectivity index (χ2v) is 5.55. The smallest absolute Gasteiger partial charge is 0.272 e. The molecule has 2 heterocycles. The Hall–Kier alpha value is -2.58. The number of hydrogen-bond donors (Lipinski definition) is 2. The fourth-order valence-corrected chi connectivity index (χ4v) is 2.73. The fourth-order valence-electron chi connectivity index (χ4n) is 2.73. The molecule has 112 valence electrons. The van der Waals surface area contributed by atoms with Crippen molar-refractivity contribution in [1.29, 1.82) is 5.26 Å². The number of benzene rings is 1. The second-order valence-electron chi connectivity index (χ2n) is 5.55. The number of hydrogen-bond acceptors (Lipinski definition) is 3. The molecule has 1 aliphatic rings. The monoisotopic (exact) mass is 294 g/mol. The van der Waals surface area contributed by atoms with Gasteiger partial charge in [-0.1, -0.05) is 12.1 Å². The zero-order chi connectivity index (χ0) is 15.4. The molecule has 0 bridgehead atoms. The van der Waals surface area contributed by atoms with Crippen molar-refractivity contribution in [3.63, 3.8) is 0 Å². The molecule has 0 aliphatic carbocycles. The number of aromatic nitrogens is 1. The Labute approximate surface area is 129 Å². The quantitative estimate of drug-likeness (QED) is 0.910. The standard InChI is InChI=1S/C17H18N4O/c18-10-14-9-16(19-11-14)17(22)20-15-5-3-4-13(8-15)12-21-6-1-2-7-21/h3-5,8-9,11,19H,1-2,6-7,12H2,(H,20,22). The highest BCUT2D eigenvalue weighted by atomic mass is 16.1. The summed E-state index contributed by atoms with van der Waals surface area (Å²) in [7, 11) is 0. The molecule has 1 aromatic heterocycles. The normalized spacial score (nSPS) is 14.7. The van der Waals surface area contributed by atoms with Gasteiger partial charge in [0.05, 0.1) is 5.56 Å². The second kappa shape index (κ2) is 6.46. The Balaban J connectivity index is 1.66. The highest BCUT2D eigenvalue weighted by Crippen LogP contribution is 2.17. The van der Waals surface area contributed by atoms with E-state index in [-0.39, 0.29) is 5.91 Å². The Kier molecular flexibility index (Phi) is 4.22. The van der Waals surface area contributed by atoms with Crippen LogP contribution in [0.5, 0.6) is 0 Å². The average molecular weight is 294 g/mol. The van der Waals surface area contributed by atoms with Crippen LogP contribution in [0.1, 0.15) is 34.5 Å². The van der Waals surface area contributed by atoms with Gasteiger partial charge in [0.1, 0.15) is 11.8 Å². The lowest BCUT2D eigenvalue weighted by Gasteiger charge is -2.15. The van der Waals surface area contributed by atoms with Crippen LogP contribution in [0.15, 0.2) is 36.5 Å². The molecule has 5 nitrogen and oxygen atoms in total. The van der Waals surface area contributed by atoms with Crippen LogP contribution in [0.25, 0.3) is 0 Å². The molecule has 2 aromatic rings. The van der Waals surface area contributed by atoms with Crippen molar-refractivity contribution in [2.24, 2.45) is 0 Å². The number of rotatable bonds is 4. The van der Waals surface area contributed by atoms with E-state index < -0.39 is 0 Å². The molecule has 2 N–H and O–H groups in total. The minimum Gasteiger partial charge on any atom is -0.356 e. The molecule has 5 heteroatoms. The molecule has 1 saturated heterocycles. The van der Waals surface area contributed by atoms with E-state index in [4.69, 9.17) is 5.26 Å². The fraction of sp³-hybridized carbons (Fsp3) is 0.294. The van der Waals surface area contributed by atoms with Crippen LogP contribution in [0.2, 0.25) is 0 Å². The summed E-state index contributed by atoms with van der Waals surface area (Å²) in [6, 6.07) is 11.5. The van der Waals surface area contributed by atoms with Gasteiger partial charge in [-0.3, -0.25) is 9.69 Å². The number of carbonyl (C=O) groups is 1. The van der Waals surface area contributed by atoms with Crippen molar-refractivity contribution in [1.82, 2.24) is 9.88 Å². The predicted molar refractivity (Wildman–Crippen MR) is 84.4 cm³/mol. The third kappa shape index (κ3) is 3.35. The molecule has 1 fully saturated rings. The summed E-state index contributed by atoms with van der Waals surface area (Å²) in [6.45, 7) is 3.22. The van der Waals surface area contributed by atoms with Gasteiger partial charge in [0, 0.05) is 18.4 Å². The van der Waals surface area contributed by atoms with Crippen LogP contribution in [-0.4, -0.2) is 28.9 Å². The molecule has 0 atom stereocenters. The minimum atomic E-state index is -0.236. The number of H-pyrrole nitrogens is 1. The van der Waals surface area contributed by atoms with E-state index in [1.807, 2.05) is 24.3 Å². The molecule has 0 radical (unpaired) electrons. The van der Waals surface area contributed by atoms with Gasteiger partial charge >= 0.3 is 0 Å². The number of nitrogens with one attached hydrogen (secondary N) is 2. The van der Waals surface area contributed by atoms with E-state index >= 15 is 0 Å². The lowest BCUT2D eigenvalue weighted by molar-refractivity contribution is 0.102. The summed E-state index contributed by atoms with van der Waals surface area (Å²) in [4.78, 5) is 17.4. The number of aromatic amines is 1. The van der Waals surface area contributed by atoms with Gasteiger partial charge in [-0.15, -0.1) is 0 Å². The molecule has 0 spiro atoms. The maximum Gasteiger partial charge on any atom is 0.272 e. The zero-order valence-electron chi connectivity index (χ0n) is 12.3. The summed E-state index contributed by atoms with van der Waals surface area (Å²) >= 11 is 0. The Morgan fingerprint density at radius 3 is 2.86 bits per heavy atom. The zero-order valence-corrected chi connectivity index (χ0v) is 12.3.